The van der Waals surface area contributed by atoms with Crippen LogP contribution in [0.1, 0.15) is 16.1 Å². The molecule has 2 aromatic rings. The van der Waals surface area contributed by atoms with Gasteiger partial charge in [-0.2, -0.15) is 5.10 Å². The van der Waals surface area contributed by atoms with E-state index in [-0.39, 0.29) is 5.91 Å². The number of carbonyl (C=O) groups excluding carboxylic acids is 1. The number of nitrogens with two attached hydrogens (primary N) is 1. The summed E-state index contributed by atoms with van der Waals surface area (Å²) in [5.74, 6) is -0.277. The second-order valence-electron chi connectivity index (χ2n) is 3.93. The van der Waals surface area contributed by atoms with Crippen LogP contribution < -0.4 is 11.1 Å². The Hall–Kier alpha value is -2.01. The molecular weight excluding hydrogens is 252 g/mol. The van der Waals surface area contributed by atoms with Crippen LogP contribution in [0, 0.1) is 6.92 Å². The van der Waals surface area contributed by atoms with Gasteiger partial charge in [0.15, 0.2) is 0 Å². The largest absolute Gasteiger partial charge is 0.397 e. The lowest BCUT2D eigenvalue weighted by molar-refractivity contribution is 0.102. The number of benzene rings is 1. The van der Waals surface area contributed by atoms with Crippen molar-refractivity contribution in [3.05, 3.63) is 40.7 Å². The summed E-state index contributed by atoms with van der Waals surface area (Å²) in [5, 5.41) is 7.12. The number of aromatic nitrogens is 2. The van der Waals surface area contributed by atoms with E-state index < -0.39 is 0 Å². The molecule has 0 aliphatic carbocycles. The maximum atomic E-state index is 12.1. The Labute approximate surface area is 110 Å². The molecule has 0 saturated heterocycles. The van der Waals surface area contributed by atoms with E-state index in [1.54, 1.807) is 29.9 Å². The summed E-state index contributed by atoms with van der Waals surface area (Å²) in [5.41, 5.74) is 7.90. The van der Waals surface area contributed by atoms with Crippen LogP contribution in [0.4, 0.5) is 11.4 Å². The highest BCUT2D eigenvalue weighted by atomic mass is 35.5. The zero-order chi connectivity index (χ0) is 13.3. The Bertz CT molecular complexity index is 586. The summed E-state index contributed by atoms with van der Waals surface area (Å²) in [7, 11) is 1.77. The normalized spacial score (nSPS) is 10.4. The van der Waals surface area contributed by atoms with Crippen molar-refractivity contribution in [2.24, 2.45) is 7.05 Å². The van der Waals surface area contributed by atoms with E-state index in [2.05, 4.69) is 10.4 Å². The third kappa shape index (κ3) is 2.17. The predicted octanol–water partition coefficient (Wildman–Crippen LogP) is 2.22. The van der Waals surface area contributed by atoms with Crippen LogP contribution in [-0.4, -0.2) is 15.7 Å². The Kier molecular flexibility index (Phi) is 3.25. The molecule has 1 heterocycles. The zero-order valence-corrected chi connectivity index (χ0v) is 10.8. The number of para-hydroxylation sites is 1. The highest BCUT2D eigenvalue weighted by molar-refractivity contribution is 6.34. The van der Waals surface area contributed by atoms with Gasteiger partial charge in [0.25, 0.3) is 5.91 Å². The van der Waals surface area contributed by atoms with Gasteiger partial charge < -0.3 is 11.1 Å². The van der Waals surface area contributed by atoms with Gasteiger partial charge >= 0.3 is 0 Å². The van der Waals surface area contributed by atoms with Gasteiger partial charge in [0.1, 0.15) is 0 Å². The van der Waals surface area contributed by atoms with E-state index in [0.29, 0.717) is 22.0 Å². The summed E-state index contributed by atoms with van der Waals surface area (Å²) in [6, 6.07) is 5.07. The van der Waals surface area contributed by atoms with E-state index >= 15 is 0 Å². The molecule has 3 N–H and O–H groups in total. The Balaban J connectivity index is 2.30. The van der Waals surface area contributed by atoms with Crippen molar-refractivity contribution < 1.29 is 4.79 Å². The van der Waals surface area contributed by atoms with Crippen molar-refractivity contribution in [2.45, 2.75) is 6.92 Å². The van der Waals surface area contributed by atoms with Gasteiger partial charge in [0, 0.05) is 12.7 Å². The molecule has 0 bridgehead atoms. The molecule has 6 heteroatoms. The zero-order valence-electron chi connectivity index (χ0n) is 10.1. The topological polar surface area (TPSA) is 72.9 Å². The molecule has 18 heavy (non-hydrogen) atoms. The molecule has 0 aliphatic heterocycles. The van der Waals surface area contributed by atoms with Gasteiger partial charge in [-0.15, -0.1) is 0 Å². The van der Waals surface area contributed by atoms with Crippen LogP contribution >= 0.6 is 11.6 Å². The summed E-state index contributed by atoms with van der Waals surface area (Å²) >= 11 is 5.99. The average molecular weight is 265 g/mol. The number of hydrogen-bond donors (Lipinski definition) is 2. The lowest BCUT2D eigenvalue weighted by atomic mass is 10.2. The minimum Gasteiger partial charge on any atom is -0.397 e. The van der Waals surface area contributed by atoms with Gasteiger partial charge in [-0.25, -0.2) is 0 Å². The number of amides is 1. The van der Waals surface area contributed by atoms with E-state index in [4.69, 9.17) is 17.3 Å². The van der Waals surface area contributed by atoms with Gasteiger partial charge in [0.2, 0.25) is 0 Å². The second kappa shape index (κ2) is 4.70. The van der Waals surface area contributed by atoms with Crippen LogP contribution in [0.3, 0.4) is 0 Å². The Morgan fingerprint density at radius 3 is 2.78 bits per heavy atom. The van der Waals surface area contributed by atoms with E-state index in [1.807, 2.05) is 6.92 Å². The molecule has 0 saturated carbocycles. The molecule has 1 aromatic heterocycles. The fourth-order valence-corrected chi connectivity index (χ4v) is 1.80. The van der Waals surface area contributed by atoms with Crippen molar-refractivity contribution in [2.75, 3.05) is 11.1 Å². The highest BCUT2D eigenvalue weighted by Gasteiger charge is 2.15. The fourth-order valence-electron chi connectivity index (χ4n) is 1.58. The first-order valence-electron chi connectivity index (χ1n) is 5.34. The quantitative estimate of drug-likeness (QED) is 0.817. The van der Waals surface area contributed by atoms with Crippen LogP contribution in [-0.2, 0) is 7.05 Å². The Morgan fingerprint density at radius 1 is 1.50 bits per heavy atom. The first-order valence-corrected chi connectivity index (χ1v) is 5.72. The molecule has 0 unspecified atom stereocenters. The maximum absolute atomic E-state index is 12.1. The summed E-state index contributed by atoms with van der Waals surface area (Å²) in [6.45, 7) is 1.82. The number of nitrogens with zero attached hydrogens (tertiary/aromatic N) is 2. The van der Waals surface area contributed by atoms with Gasteiger partial charge in [0.05, 0.1) is 28.2 Å². The number of halogens is 1. The van der Waals surface area contributed by atoms with Crippen molar-refractivity contribution in [3.63, 3.8) is 0 Å². The number of rotatable bonds is 2. The smallest absolute Gasteiger partial charge is 0.259 e. The number of nitrogens with one attached hydrogen (secondary N) is 1. The molecule has 5 nitrogen and oxygen atoms in total. The van der Waals surface area contributed by atoms with Gasteiger partial charge in [-0.1, -0.05) is 17.7 Å². The van der Waals surface area contributed by atoms with Crippen molar-refractivity contribution >= 4 is 28.9 Å². The molecule has 1 aromatic carbocycles. The van der Waals surface area contributed by atoms with Crippen LogP contribution in [0.25, 0.3) is 0 Å². The van der Waals surface area contributed by atoms with Crippen LogP contribution in [0.2, 0.25) is 5.02 Å². The number of carbonyl (C=O) groups is 1. The molecule has 0 atom stereocenters. The Morgan fingerprint density at radius 2 is 2.22 bits per heavy atom. The summed E-state index contributed by atoms with van der Waals surface area (Å²) in [4.78, 5) is 12.1. The van der Waals surface area contributed by atoms with Crippen molar-refractivity contribution in [1.82, 2.24) is 9.78 Å². The monoisotopic (exact) mass is 264 g/mol. The third-order valence-electron chi connectivity index (χ3n) is 2.76. The molecule has 1 amide bonds. The molecule has 0 aliphatic rings. The number of anilines is 2. The molecule has 2 rings (SSSR count). The molecule has 0 spiro atoms. The molecule has 0 radical (unpaired) electrons. The van der Waals surface area contributed by atoms with E-state index in [1.165, 1.54) is 6.20 Å². The van der Waals surface area contributed by atoms with Crippen LogP contribution in [0.5, 0.6) is 0 Å². The first kappa shape index (κ1) is 12.4. The minimum atomic E-state index is -0.277. The molecular formula is C12H13ClN4O. The number of nitrogen functional groups attached to an aromatic ring is 1. The first-order chi connectivity index (χ1) is 8.50. The number of hydrogen-bond acceptors (Lipinski definition) is 3. The van der Waals surface area contributed by atoms with E-state index in [0.717, 1.165) is 5.69 Å². The lowest BCUT2D eigenvalue weighted by Crippen LogP contribution is -2.14. The summed E-state index contributed by atoms with van der Waals surface area (Å²) in [6.07, 6.45) is 1.51. The number of aryl methyl sites for hydroxylation is 1. The van der Waals surface area contributed by atoms with Gasteiger partial charge in [-0.3, -0.25) is 9.48 Å². The van der Waals surface area contributed by atoms with Crippen LogP contribution in [0.15, 0.2) is 24.4 Å². The SMILES string of the molecule is Cc1c(C(=O)Nc2c(N)cccc2Cl)cnn1C. The fraction of sp³-hybridized carbons (Fsp3) is 0.167. The maximum Gasteiger partial charge on any atom is 0.259 e. The van der Waals surface area contributed by atoms with E-state index in [9.17, 15) is 4.79 Å². The minimum absolute atomic E-state index is 0.277. The van der Waals surface area contributed by atoms with Crippen molar-refractivity contribution in [3.8, 4) is 0 Å². The van der Waals surface area contributed by atoms with Gasteiger partial charge in [-0.05, 0) is 19.1 Å². The lowest BCUT2D eigenvalue weighted by Gasteiger charge is -2.09. The summed E-state index contributed by atoms with van der Waals surface area (Å²) < 4.78 is 1.63. The third-order valence-corrected chi connectivity index (χ3v) is 3.08. The molecule has 94 valence electrons. The highest BCUT2D eigenvalue weighted by Crippen LogP contribution is 2.28. The van der Waals surface area contributed by atoms with Crippen molar-refractivity contribution in [1.29, 1.82) is 0 Å². The average Bonchev–Trinajstić information content (AvgIpc) is 2.65. The predicted molar refractivity (Wildman–Crippen MR) is 71.8 cm³/mol. The second-order valence-corrected chi connectivity index (χ2v) is 4.33. The standard InChI is InChI=1S/C12H13ClN4O/c1-7-8(6-15-17(7)2)12(18)16-11-9(13)4-3-5-10(11)14/h3-6H,14H2,1-2H3,(H,16,18). The molecule has 0 fully saturated rings.